The molecule has 2 aromatic carbocycles. The Morgan fingerprint density at radius 3 is 2.52 bits per heavy atom. The molecule has 0 spiro atoms. The van der Waals surface area contributed by atoms with E-state index in [1.54, 1.807) is 12.1 Å². The first-order valence-electron chi connectivity index (χ1n) is 9.31. The number of sulfonamides is 1. The van der Waals surface area contributed by atoms with Crippen LogP contribution in [0.5, 0.6) is 0 Å². The highest BCUT2D eigenvalue weighted by atomic mass is 32.2. The van der Waals surface area contributed by atoms with Crippen molar-refractivity contribution in [2.45, 2.75) is 24.7 Å². The van der Waals surface area contributed by atoms with Crippen LogP contribution in [0.25, 0.3) is 10.2 Å². The van der Waals surface area contributed by atoms with Gasteiger partial charge in [-0.25, -0.2) is 17.8 Å². The first-order valence-corrected chi connectivity index (χ1v) is 11.6. The van der Waals surface area contributed by atoms with Crippen molar-refractivity contribution >= 4 is 42.6 Å². The topological polar surface area (TPSA) is 79.4 Å². The summed E-state index contributed by atoms with van der Waals surface area (Å²) in [5.41, 5.74) is 0.515. The Hall–Kier alpha value is -2.36. The van der Waals surface area contributed by atoms with Crippen molar-refractivity contribution in [2.24, 2.45) is 5.92 Å². The molecule has 9 heteroatoms. The molecule has 0 aliphatic carbocycles. The standard InChI is InChI=1S/C20H20FN3O3S2/c1-13-9-11-24(12-10-13)29(26,27)15-7-5-14(6-8-15)19(25)23-20-22-18-16(21)3-2-4-17(18)28-20/h2-8,13H,9-12H2,1H3,(H,22,23,25). The number of carbonyl (C=O) groups excluding carboxylic acids is 1. The molecule has 1 aliphatic heterocycles. The number of hydrogen-bond acceptors (Lipinski definition) is 5. The van der Waals surface area contributed by atoms with Gasteiger partial charge in [0.25, 0.3) is 5.91 Å². The van der Waals surface area contributed by atoms with E-state index >= 15 is 0 Å². The van der Waals surface area contributed by atoms with Gasteiger partial charge in [-0.1, -0.05) is 24.3 Å². The molecule has 6 nitrogen and oxygen atoms in total. The second-order valence-corrected chi connectivity index (χ2v) is 10.1. The van der Waals surface area contributed by atoms with Crippen LogP contribution in [0, 0.1) is 11.7 Å². The smallest absolute Gasteiger partial charge is 0.257 e. The SMILES string of the molecule is CC1CCN(S(=O)(=O)c2ccc(C(=O)Nc3nc4c(F)cccc4s3)cc2)CC1. The number of amides is 1. The molecule has 1 saturated heterocycles. The van der Waals surface area contributed by atoms with Gasteiger partial charge in [-0.3, -0.25) is 10.1 Å². The fraction of sp³-hybridized carbons (Fsp3) is 0.300. The summed E-state index contributed by atoms with van der Waals surface area (Å²) in [5, 5.41) is 2.93. The number of hydrogen-bond donors (Lipinski definition) is 1. The second kappa shape index (κ2) is 7.81. The van der Waals surface area contributed by atoms with Crippen LogP contribution in [0.1, 0.15) is 30.1 Å². The van der Waals surface area contributed by atoms with Gasteiger partial charge in [0, 0.05) is 18.7 Å². The minimum absolute atomic E-state index is 0.172. The van der Waals surface area contributed by atoms with E-state index in [4.69, 9.17) is 0 Å². The van der Waals surface area contributed by atoms with E-state index in [2.05, 4.69) is 17.2 Å². The Kier molecular flexibility index (Phi) is 5.37. The van der Waals surface area contributed by atoms with Crippen LogP contribution in [-0.4, -0.2) is 36.7 Å². The van der Waals surface area contributed by atoms with Gasteiger partial charge < -0.3 is 0 Å². The van der Waals surface area contributed by atoms with E-state index in [9.17, 15) is 17.6 Å². The van der Waals surface area contributed by atoms with Crippen LogP contribution >= 0.6 is 11.3 Å². The Bertz CT molecular complexity index is 1150. The minimum atomic E-state index is -3.56. The molecule has 1 fully saturated rings. The zero-order valence-corrected chi connectivity index (χ0v) is 17.4. The van der Waals surface area contributed by atoms with E-state index in [0.29, 0.717) is 29.3 Å². The highest BCUT2D eigenvalue weighted by molar-refractivity contribution is 7.89. The number of thiazole rings is 1. The number of carbonyl (C=O) groups is 1. The number of benzene rings is 2. The average Bonchev–Trinajstić information content (AvgIpc) is 3.12. The van der Waals surface area contributed by atoms with Crippen molar-refractivity contribution in [2.75, 3.05) is 18.4 Å². The fourth-order valence-corrected chi connectivity index (χ4v) is 5.64. The van der Waals surface area contributed by atoms with Crippen LogP contribution in [-0.2, 0) is 10.0 Å². The Morgan fingerprint density at radius 1 is 1.17 bits per heavy atom. The Labute approximate surface area is 172 Å². The summed E-state index contributed by atoms with van der Waals surface area (Å²) in [6, 6.07) is 10.5. The summed E-state index contributed by atoms with van der Waals surface area (Å²) in [6.07, 6.45) is 1.70. The van der Waals surface area contributed by atoms with Gasteiger partial charge in [-0.15, -0.1) is 0 Å². The van der Waals surface area contributed by atoms with Gasteiger partial charge in [0.15, 0.2) is 5.13 Å². The molecule has 1 aliphatic rings. The Morgan fingerprint density at radius 2 is 1.86 bits per heavy atom. The zero-order chi connectivity index (χ0) is 20.6. The molecule has 1 N–H and O–H groups in total. The number of nitrogens with one attached hydrogen (secondary N) is 1. The van der Waals surface area contributed by atoms with Crippen molar-refractivity contribution in [3.05, 3.63) is 53.8 Å². The average molecular weight is 434 g/mol. The molecule has 152 valence electrons. The van der Waals surface area contributed by atoms with E-state index in [-0.39, 0.29) is 15.5 Å². The predicted molar refractivity (Wildman–Crippen MR) is 111 cm³/mol. The lowest BCUT2D eigenvalue weighted by Crippen LogP contribution is -2.37. The monoisotopic (exact) mass is 433 g/mol. The van der Waals surface area contributed by atoms with Crippen molar-refractivity contribution in [1.82, 2.24) is 9.29 Å². The first-order chi connectivity index (χ1) is 13.8. The highest BCUT2D eigenvalue weighted by Crippen LogP contribution is 2.28. The van der Waals surface area contributed by atoms with Crippen LogP contribution in [0.2, 0.25) is 0 Å². The summed E-state index contributed by atoms with van der Waals surface area (Å²) in [4.78, 5) is 16.8. The molecule has 4 rings (SSSR count). The summed E-state index contributed by atoms with van der Waals surface area (Å²) in [5.74, 6) is -0.343. The van der Waals surface area contributed by atoms with E-state index in [0.717, 1.165) is 12.8 Å². The predicted octanol–water partition coefficient (Wildman–Crippen LogP) is 4.11. The third kappa shape index (κ3) is 4.03. The molecule has 0 bridgehead atoms. The van der Waals surface area contributed by atoms with Gasteiger partial charge in [0.05, 0.1) is 9.60 Å². The Balaban J connectivity index is 1.49. The molecule has 0 saturated carbocycles. The third-order valence-electron chi connectivity index (χ3n) is 5.09. The largest absolute Gasteiger partial charge is 0.298 e. The molecule has 0 radical (unpaired) electrons. The lowest BCUT2D eigenvalue weighted by atomic mass is 10.0. The van der Waals surface area contributed by atoms with Crippen LogP contribution in [0.4, 0.5) is 9.52 Å². The van der Waals surface area contributed by atoms with E-state index < -0.39 is 21.7 Å². The molecular formula is C20H20FN3O3S2. The van der Waals surface area contributed by atoms with Gasteiger partial charge in [0.1, 0.15) is 11.3 Å². The number of aromatic nitrogens is 1. The maximum absolute atomic E-state index is 13.8. The normalized spacial score (nSPS) is 16.2. The summed E-state index contributed by atoms with van der Waals surface area (Å²) in [7, 11) is -3.56. The molecule has 0 unspecified atom stereocenters. The first kappa shape index (κ1) is 19.9. The van der Waals surface area contributed by atoms with Crippen molar-refractivity contribution < 1.29 is 17.6 Å². The number of fused-ring (bicyclic) bond motifs is 1. The van der Waals surface area contributed by atoms with Crippen molar-refractivity contribution in [1.29, 1.82) is 0 Å². The van der Waals surface area contributed by atoms with Gasteiger partial charge in [0.2, 0.25) is 10.0 Å². The number of para-hydroxylation sites is 1. The number of piperidine rings is 1. The lowest BCUT2D eigenvalue weighted by Gasteiger charge is -2.29. The molecule has 3 aromatic rings. The number of anilines is 1. The molecule has 0 atom stereocenters. The molecule has 2 heterocycles. The second-order valence-electron chi connectivity index (χ2n) is 7.17. The zero-order valence-electron chi connectivity index (χ0n) is 15.8. The van der Waals surface area contributed by atoms with E-state index in [1.165, 1.54) is 46.0 Å². The fourth-order valence-electron chi connectivity index (χ4n) is 3.29. The summed E-state index contributed by atoms with van der Waals surface area (Å²) in [6.45, 7) is 3.15. The molecular weight excluding hydrogens is 413 g/mol. The van der Waals surface area contributed by atoms with Crippen LogP contribution in [0.3, 0.4) is 0 Å². The van der Waals surface area contributed by atoms with Gasteiger partial charge in [-0.05, 0) is 55.2 Å². The van der Waals surface area contributed by atoms with Crippen molar-refractivity contribution in [3.8, 4) is 0 Å². The third-order valence-corrected chi connectivity index (χ3v) is 7.94. The maximum atomic E-state index is 13.8. The van der Waals surface area contributed by atoms with E-state index in [1.807, 2.05) is 0 Å². The quantitative estimate of drug-likeness (QED) is 0.672. The number of halogens is 1. The maximum Gasteiger partial charge on any atom is 0.257 e. The lowest BCUT2D eigenvalue weighted by molar-refractivity contribution is 0.102. The van der Waals surface area contributed by atoms with Gasteiger partial charge >= 0.3 is 0 Å². The van der Waals surface area contributed by atoms with Gasteiger partial charge in [-0.2, -0.15) is 4.31 Å². The minimum Gasteiger partial charge on any atom is -0.298 e. The molecule has 1 aromatic heterocycles. The molecule has 29 heavy (non-hydrogen) atoms. The number of rotatable bonds is 4. The summed E-state index contributed by atoms with van der Waals surface area (Å²) < 4.78 is 41.5. The molecule has 1 amide bonds. The highest BCUT2D eigenvalue weighted by Gasteiger charge is 2.28. The van der Waals surface area contributed by atoms with Crippen LogP contribution < -0.4 is 5.32 Å². The van der Waals surface area contributed by atoms with Crippen LogP contribution in [0.15, 0.2) is 47.4 Å². The summed E-state index contributed by atoms with van der Waals surface area (Å²) >= 11 is 1.18. The number of nitrogens with zero attached hydrogens (tertiary/aromatic N) is 2. The van der Waals surface area contributed by atoms with Crippen molar-refractivity contribution in [3.63, 3.8) is 0 Å².